The van der Waals surface area contributed by atoms with E-state index in [0.29, 0.717) is 50.2 Å². The number of methoxy groups -OCH3 is 1. The molecule has 3 heterocycles. The molecule has 0 radical (unpaired) electrons. The van der Waals surface area contributed by atoms with Crippen LogP contribution in [-0.4, -0.2) is 99.7 Å². The van der Waals surface area contributed by atoms with E-state index in [2.05, 4.69) is 9.97 Å². The van der Waals surface area contributed by atoms with Gasteiger partial charge in [0.15, 0.2) is 5.82 Å². The van der Waals surface area contributed by atoms with Crippen LogP contribution < -0.4 is 0 Å². The second-order valence-corrected chi connectivity index (χ2v) is 12.7. The molecule has 43 heavy (non-hydrogen) atoms. The zero-order valence-corrected chi connectivity index (χ0v) is 25.6. The number of aromatic nitrogens is 2. The van der Waals surface area contributed by atoms with Gasteiger partial charge in [-0.2, -0.15) is 0 Å². The van der Waals surface area contributed by atoms with E-state index in [1.807, 2.05) is 25.7 Å². The predicted octanol–water partition coefficient (Wildman–Crippen LogP) is 4.93. The highest BCUT2D eigenvalue weighted by atomic mass is 19.1. The number of piperidine rings is 2. The van der Waals surface area contributed by atoms with E-state index in [0.717, 1.165) is 32.1 Å². The first kappa shape index (κ1) is 30.8. The fourth-order valence-corrected chi connectivity index (χ4v) is 5.99. The highest BCUT2D eigenvalue weighted by Crippen LogP contribution is 2.33. The molecule has 1 saturated carbocycles. The van der Waals surface area contributed by atoms with E-state index < -0.39 is 11.4 Å². The number of likely N-dealkylation sites (tertiary alicyclic amines) is 2. The Kier molecular flexibility index (Phi) is 9.29. The van der Waals surface area contributed by atoms with E-state index in [4.69, 9.17) is 9.47 Å². The van der Waals surface area contributed by atoms with Gasteiger partial charge in [0.1, 0.15) is 11.4 Å². The molecule has 11 heteroatoms. The Hall–Kier alpha value is -3.60. The Balaban J connectivity index is 1.24. The van der Waals surface area contributed by atoms with Crippen molar-refractivity contribution in [3.63, 3.8) is 0 Å². The third kappa shape index (κ3) is 7.31. The molecule has 1 aliphatic carbocycles. The molecule has 2 aliphatic heterocycles. The zero-order valence-electron chi connectivity index (χ0n) is 25.6. The van der Waals surface area contributed by atoms with E-state index in [9.17, 15) is 14.4 Å². The molecule has 5 rings (SSSR count). The smallest absolute Gasteiger partial charge is 0.410 e. The van der Waals surface area contributed by atoms with Gasteiger partial charge in [-0.15, -0.1) is 0 Å². The monoisotopic (exact) mass is 595 g/mol. The van der Waals surface area contributed by atoms with Crippen LogP contribution in [0, 0.1) is 5.82 Å². The Bertz CT molecular complexity index is 1320. The summed E-state index contributed by atoms with van der Waals surface area (Å²) >= 11 is 0. The Labute approximate surface area is 252 Å². The maximum absolute atomic E-state index is 15.2. The van der Waals surface area contributed by atoms with Gasteiger partial charge in [0.25, 0.3) is 11.8 Å². The van der Waals surface area contributed by atoms with Crippen molar-refractivity contribution in [2.24, 2.45) is 0 Å². The lowest BCUT2D eigenvalue weighted by atomic mass is 10.0. The van der Waals surface area contributed by atoms with Gasteiger partial charge in [-0.05, 0) is 77.8 Å². The minimum Gasteiger partial charge on any atom is -0.444 e. The van der Waals surface area contributed by atoms with Gasteiger partial charge in [-0.25, -0.2) is 19.2 Å². The summed E-state index contributed by atoms with van der Waals surface area (Å²) in [7, 11) is 1.60. The van der Waals surface area contributed by atoms with Gasteiger partial charge in [-0.1, -0.05) is 6.07 Å². The molecule has 1 aromatic carbocycles. The minimum atomic E-state index is -0.634. The number of rotatable bonds is 7. The molecule has 0 N–H and O–H groups in total. The van der Waals surface area contributed by atoms with Gasteiger partial charge in [-0.3, -0.25) is 9.59 Å². The maximum atomic E-state index is 15.2. The highest BCUT2D eigenvalue weighted by molar-refractivity contribution is 5.95. The van der Waals surface area contributed by atoms with Crippen LogP contribution in [0.5, 0.6) is 0 Å². The molecule has 2 saturated heterocycles. The molecule has 1 aromatic heterocycles. The highest BCUT2D eigenvalue weighted by Gasteiger charge is 2.40. The summed E-state index contributed by atoms with van der Waals surface area (Å²) in [6.07, 6.45) is 8.62. The largest absolute Gasteiger partial charge is 0.444 e. The van der Waals surface area contributed by atoms with E-state index in [-0.39, 0.29) is 47.4 Å². The molecule has 0 spiro atoms. The lowest BCUT2D eigenvalue weighted by Crippen LogP contribution is -2.50. The van der Waals surface area contributed by atoms with Crippen molar-refractivity contribution in [1.82, 2.24) is 24.7 Å². The van der Waals surface area contributed by atoms with Crippen molar-refractivity contribution in [2.45, 2.75) is 89.4 Å². The SMILES string of the molecule is COCC1CCCCN1C(=O)c1ccc(-c2ncc(C(=O)N(C3CC3)C3CCN(C(=O)OC(C)(C)C)CC3)cn2)cc1F. The molecule has 1 unspecified atom stereocenters. The van der Waals surface area contributed by atoms with Crippen LogP contribution in [0.4, 0.5) is 9.18 Å². The second-order valence-electron chi connectivity index (χ2n) is 12.7. The normalized spacial score (nSPS) is 19.7. The molecule has 3 amide bonds. The van der Waals surface area contributed by atoms with Gasteiger partial charge >= 0.3 is 6.09 Å². The molecule has 232 valence electrons. The topological polar surface area (TPSA) is 105 Å². The number of benzene rings is 1. The van der Waals surface area contributed by atoms with Crippen LogP contribution >= 0.6 is 0 Å². The maximum Gasteiger partial charge on any atom is 0.410 e. The molecule has 10 nitrogen and oxygen atoms in total. The minimum absolute atomic E-state index is 0.0105. The number of carbonyl (C=O) groups is 3. The van der Waals surface area contributed by atoms with Crippen LogP contribution in [0.1, 0.15) is 86.4 Å². The first-order chi connectivity index (χ1) is 20.6. The van der Waals surface area contributed by atoms with E-state index in [1.54, 1.807) is 23.0 Å². The number of carbonyl (C=O) groups excluding carboxylic acids is 3. The number of halogens is 1. The standard InChI is InChI=1S/C32H42FN5O5/c1-32(2,3)43-31(41)36-15-12-24(13-16-36)38(23-9-10-23)29(39)22-18-34-28(35-19-22)21-8-11-26(27(33)17-21)30(40)37-14-6-5-7-25(37)20-42-4/h8,11,17-19,23-25H,5-7,9-10,12-16,20H2,1-4H3. The summed E-state index contributed by atoms with van der Waals surface area (Å²) in [5.74, 6) is -0.840. The lowest BCUT2D eigenvalue weighted by molar-refractivity contribution is 0.0142. The molecule has 2 aromatic rings. The number of nitrogens with zero attached hydrogens (tertiary/aromatic N) is 5. The van der Waals surface area contributed by atoms with Crippen molar-refractivity contribution in [2.75, 3.05) is 33.4 Å². The van der Waals surface area contributed by atoms with Crippen molar-refractivity contribution in [1.29, 1.82) is 0 Å². The van der Waals surface area contributed by atoms with Gasteiger partial charge in [0.05, 0.1) is 23.8 Å². The zero-order chi connectivity index (χ0) is 30.7. The third-order valence-corrected chi connectivity index (χ3v) is 8.29. The second kappa shape index (κ2) is 13.0. The number of hydrogen-bond acceptors (Lipinski definition) is 7. The van der Waals surface area contributed by atoms with Crippen molar-refractivity contribution in [3.8, 4) is 11.4 Å². The molecule has 1 atom stereocenters. The fourth-order valence-electron chi connectivity index (χ4n) is 5.99. The average Bonchev–Trinajstić information content (AvgIpc) is 3.82. The van der Waals surface area contributed by atoms with Crippen LogP contribution in [0.25, 0.3) is 11.4 Å². The van der Waals surface area contributed by atoms with Crippen LogP contribution in [-0.2, 0) is 9.47 Å². The summed E-state index contributed by atoms with van der Waals surface area (Å²) in [6, 6.07) is 4.51. The molecule has 0 bridgehead atoms. The summed E-state index contributed by atoms with van der Waals surface area (Å²) in [6.45, 7) is 7.60. The summed E-state index contributed by atoms with van der Waals surface area (Å²) in [5.41, 5.74) is 0.249. The molecular weight excluding hydrogens is 553 g/mol. The average molecular weight is 596 g/mol. The first-order valence-corrected chi connectivity index (χ1v) is 15.3. The van der Waals surface area contributed by atoms with Crippen LogP contribution in [0.15, 0.2) is 30.6 Å². The van der Waals surface area contributed by atoms with Gasteiger partial charge < -0.3 is 24.2 Å². The van der Waals surface area contributed by atoms with Gasteiger partial charge in [0.2, 0.25) is 0 Å². The van der Waals surface area contributed by atoms with Crippen LogP contribution in [0.3, 0.4) is 0 Å². The summed E-state index contributed by atoms with van der Waals surface area (Å²) in [4.78, 5) is 53.4. The Morgan fingerprint density at radius 1 is 0.977 bits per heavy atom. The Morgan fingerprint density at radius 2 is 1.65 bits per heavy atom. The number of amides is 3. The fraction of sp³-hybridized carbons (Fsp3) is 0.594. The van der Waals surface area contributed by atoms with Crippen molar-refractivity contribution < 1.29 is 28.2 Å². The molecular formula is C32H42FN5O5. The van der Waals surface area contributed by atoms with E-state index >= 15 is 4.39 Å². The number of hydrogen-bond donors (Lipinski definition) is 0. The first-order valence-electron chi connectivity index (χ1n) is 15.3. The van der Waals surface area contributed by atoms with E-state index in [1.165, 1.54) is 24.5 Å². The predicted molar refractivity (Wildman–Crippen MR) is 158 cm³/mol. The van der Waals surface area contributed by atoms with Crippen LogP contribution in [0.2, 0.25) is 0 Å². The van der Waals surface area contributed by atoms with Crippen molar-refractivity contribution >= 4 is 17.9 Å². The van der Waals surface area contributed by atoms with Gasteiger partial charge in [0, 0.05) is 56.8 Å². The molecule has 3 fully saturated rings. The summed E-state index contributed by atoms with van der Waals surface area (Å²) < 4.78 is 26.0. The van der Waals surface area contributed by atoms with Crippen molar-refractivity contribution in [3.05, 3.63) is 47.5 Å². The lowest BCUT2D eigenvalue weighted by Gasteiger charge is -2.39. The Morgan fingerprint density at radius 3 is 2.26 bits per heavy atom. The summed E-state index contributed by atoms with van der Waals surface area (Å²) in [5, 5.41) is 0. The number of ether oxygens (including phenoxy) is 2. The molecule has 3 aliphatic rings. The third-order valence-electron chi connectivity index (χ3n) is 8.29. The quantitative estimate of drug-likeness (QED) is 0.447.